The lowest BCUT2D eigenvalue weighted by atomic mass is 9.88. The number of nitrogens with two attached hydrogens (primary N) is 1. The van der Waals surface area contributed by atoms with Gasteiger partial charge >= 0.3 is 0 Å². The predicted octanol–water partition coefficient (Wildman–Crippen LogP) is 3.42. The van der Waals surface area contributed by atoms with Crippen LogP contribution in [0.5, 0.6) is 5.75 Å². The lowest BCUT2D eigenvalue weighted by Crippen LogP contribution is -2.29. The van der Waals surface area contributed by atoms with Crippen LogP contribution in [0.2, 0.25) is 0 Å². The maximum Gasteiger partial charge on any atom is 0.137 e. The van der Waals surface area contributed by atoms with Crippen LogP contribution in [0.25, 0.3) is 0 Å². The molecule has 0 radical (unpaired) electrons. The molecule has 0 aliphatic heterocycles. The molecule has 2 atom stereocenters. The number of benzene rings is 1. The van der Waals surface area contributed by atoms with Crippen LogP contribution in [0.15, 0.2) is 18.2 Å². The highest BCUT2D eigenvalue weighted by Crippen LogP contribution is 2.30. The Kier molecular flexibility index (Phi) is 4.17. The fourth-order valence-corrected chi connectivity index (χ4v) is 2.66. The van der Waals surface area contributed by atoms with Crippen molar-refractivity contribution in [3.8, 4) is 5.75 Å². The molecule has 0 bridgehead atoms. The minimum atomic E-state index is -0.413. The van der Waals surface area contributed by atoms with Crippen LogP contribution in [0.3, 0.4) is 0 Å². The number of hydrogen-bond acceptors (Lipinski definition) is 2. The third-order valence-electron chi connectivity index (χ3n) is 3.53. The molecule has 1 aliphatic carbocycles. The van der Waals surface area contributed by atoms with Gasteiger partial charge in [0, 0.05) is 0 Å². The van der Waals surface area contributed by atoms with Crippen molar-refractivity contribution in [2.75, 3.05) is 0 Å². The van der Waals surface area contributed by atoms with Crippen molar-refractivity contribution in [2.45, 2.75) is 38.7 Å². The molecule has 1 fully saturated rings. The van der Waals surface area contributed by atoms with Crippen molar-refractivity contribution in [3.63, 3.8) is 0 Å². The maximum absolute atomic E-state index is 13.7. The first kappa shape index (κ1) is 13.3. The van der Waals surface area contributed by atoms with Gasteiger partial charge in [-0.3, -0.25) is 0 Å². The van der Waals surface area contributed by atoms with Gasteiger partial charge in [0.05, 0.1) is 5.56 Å². The van der Waals surface area contributed by atoms with Crippen LogP contribution in [-0.2, 0) is 0 Å². The average molecular weight is 267 g/mol. The van der Waals surface area contributed by atoms with Crippen LogP contribution < -0.4 is 10.5 Å². The Labute approximate surface area is 112 Å². The molecular formula is C14H18FNOS. The van der Waals surface area contributed by atoms with Gasteiger partial charge in [-0.15, -0.1) is 0 Å². The summed E-state index contributed by atoms with van der Waals surface area (Å²) < 4.78 is 19.6. The van der Waals surface area contributed by atoms with E-state index >= 15 is 0 Å². The summed E-state index contributed by atoms with van der Waals surface area (Å²) in [6.07, 6.45) is 4.70. The molecule has 1 aliphatic rings. The van der Waals surface area contributed by atoms with Crippen molar-refractivity contribution in [1.82, 2.24) is 0 Å². The van der Waals surface area contributed by atoms with Gasteiger partial charge in [0.1, 0.15) is 22.7 Å². The molecule has 4 heteroatoms. The summed E-state index contributed by atoms with van der Waals surface area (Å²) in [6.45, 7) is 2.17. The first-order chi connectivity index (χ1) is 8.59. The average Bonchev–Trinajstić information content (AvgIpc) is 2.31. The zero-order valence-corrected chi connectivity index (χ0v) is 11.3. The molecule has 1 aromatic carbocycles. The SMILES string of the molecule is CC1CCCCC1Oc1cccc(F)c1C(N)=S. The van der Waals surface area contributed by atoms with Crippen LogP contribution in [-0.4, -0.2) is 11.1 Å². The molecule has 0 spiro atoms. The van der Waals surface area contributed by atoms with E-state index in [0.717, 1.165) is 19.3 Å². The van der Waals surface area contributed by atoms with Crippen LogP contribution in [0, 0.1) is 11.7 Å². The lowest BCUT2D eigenvalue weighted by molar-refractivity contribution is 0.102. The lowest BCUT2D eigenvalue weighted by Gasteiger charge is -2.30. The predicted molar refractivity (Wildman–Crippen MR) is 74.3 cm³/mol. The monoisotopic (exact) mass is 267 g/mol. The Bertz CT molecular complexity index is 449. The van der Waals surface area contributed by atoms with Crippen molar-refractivity contribution < 1.29 is 9.13 Å². The third-order valence-corrected chi connectivity index (χ3v) is 3.74. The Morgan fingerprint density at radius 1 is 1.39 bits per heavy atom. The largest absolute Gasteiger partial charge is 0.489 e. The smallest absolute Gasteiger partial charge is 0.137 e. The zero-order valence-electron chi connectivity index (χ0n) is 10.5. The van der Waals surface area contributed by atoms with Crippen LogP contribution in [0.1, 0.15) is 38.2 Å². The van der Waals surface area contributed by atoms with Gasteiger partial charge in [-0.05, 0) is 37.3 Å². The quantitative estimate of drug-likeness (QED) is 0.852. The van der Waals surface area contributed by atoms with E-state index in [1.165, 1.54) is 12.5 Å². The van der Waals surface area contributed by atoms with E-state index < -0.39 is 5.82 Å². The van der Waals surface area contributed by atoms with Gasteiger partial charge in [-0.1, -0.05) is 31.6 Å². The Balaban J connectivity index is 2.23. The minimum absolute atomic E-state index is 0.0477. The molecular weight excluding hydrogens is 249 g/mol. The van der Waals surface area contributed by atoms with E-state index in [-0.39, 0.29) is 16.7 Å². The van der Waals surface area contributed by atoms with Gasteiger partial charge in [0.2, 0.25) is 0 Å². The Morgan fingerprint density at radius 2 is 2.11 bits per heavy atom. The van der Waals surface area contributed by atoms with Gasteiger partial charge in [0.15, 0.2) is 0 Å². The molecule has 2 N–H and O–H groups in total. The summed E-state index contributed by atoms with van der Waals surface area (Å²) in [7, 11) is 0. The third kappa shape index (κ3) is 2.80. The summed E-state index contributed by atoms with van der Waals surface area (Å²) in [5.74, 6) is 0.547. The number of hydrogen-bond donors (Lipinski definition) is 1. The van der Waals surface area contributed by atoms with Crippen LogP contribution >= 0.6 is 12.2 Å². The number of thiocarbonyl (C=S) groups is 1. The Hall–Kier alpha value is -1.16. The molecule has 1 saturated carbocycles. The normalized spacial score (nSPS) is 23.7. The summed E-state index contributed by atoms with van der Waals surface area (Å²) >= 11 is 4.89. The van der Waals surface area contributed by atoms with Crippen LogP contribution in [0.4, 0.5) is 4.39 Å². The van der Waals surface area contributed by atoms with Gasteiger partial charge in [-0.2, -0.15) is 0 Å². The van der Waals surface area contributed by atoms with Crippen molar-refractivity contribution in [1.29, 1.82) is 0 Å². The molecule has 0 heterocycles. The molecule has 0 amide bonds. The molecule has 98 valence electrons. The zero-order chi connectivity index (χ0) is 13.1. The highest BCUT2D eigenvalue weighted by Gasteiger charge is 2.24. The summed E-state index contributed by atoms with van der Waals surface area (Å²) in [6, 6.07) is 4.71. The van der Waals surface area contributed by atoms with E-state index in [0.29, 0.717) is 11.7 Å². The summed E-state index contributed by atoms with van der Waals surface area (Å²) in [5, 5.41) is 0. The Morgan fingerprint density at radius 3 is 2.78 bits per heavy atom. The second-order valence-electron chi connectivity index (χ2n) is 4.90. The first-order valence-corrected chi connectivity index (χ1v) is 6.75. The fraction of sp³-hybridized carbons (Fsp3) is 0.500. The highest BCUT2D eigenvalue weighted by molar-refractivity contribution is 7.80. The summed E-state index contributed by atoms with van der Waals surface area (Å²) in [5.41, 5.74) is 5.79. The topological polar surface area (TPSA) is 35.2 Å². The molecule has 0 saturated heterocycles. The minimum Gasteiger partial charge on any atom is -0.489 e. The number of halogens is 1. The van der Waals surface area contributed by atoms with E-state index in [4.69, 9.17) is 22.7 Å². The van der Waals surface area contributed by atoms with Gasteiger partial charge in [0.25, 0.3) is 0 Å². The highest BCUT2D eigenvalue weighted by atomic mass is 32.1. The molecule has 18 heavy (non-hydrogen) atoms. The number of ether oxygens (including phenoxy) is 1. The number of rotatable bonds is 3. The molecule has 0 aromatic heterocycles. The molecule has 2 unspecified atom stereocenters. The molecule has 1 aromatic rings. The first-order valence-electron chi connectivity index (χ1n) is 6.34. The van der Waals surface area contributed by atoms with Gasteiger partial charge < -0.3 is 10.5 Å². The van der Waals surface area contributed by atoms with Gasteiger partial charge in [-0.25, -0.2) is 4.39 Å². The van der Waals surface area contributed by atoms with Crippen molar-refractivity contribution >= 4 is 17.2 Å². The van der Waals surface area contributed by atoms with E-state index in [1.54, 1.807) is 12.1 Å². The second kappa shape index (κ2) is 5.65. The van der Waals surface area contributed by atoms with E-state index in [1.807, 2.05) is 0 Å². The standard InChI is InChI=1S/C14H18FNOS/c1-9-5-2-3-7-11(9)17-12-8-4-6-10(15)13(12)14(16)18/h4,6,8-9,11H,2-3,5,7H2,1H3,(H2,16,18). The van der Waals surface area contributed by atoms with E-state index in [2.05, 4.69) is 6.92 Å². The van der Waals surface area contributed by atoms with E-state index in [9.17, 15) is 4.39 Å². The maximum atomic E-state index is 13.7. The molecule has 2 rings (SSSR count). The van der Waals surface area contributed by atoms with Crippen molar-refractivity contribution in [2.24, 2.45) is 11.7 Å². The van der Waals surface area contributed by atoms with Crippen molar-refractivity contribution in [3.05, 3.63) is 29.6 Å². The second-order valence-corrected chi connectivity index (χ2v) is 5.34. The fourth-order valence-electron chi connectivity index (χ4n) is 2.46. The summed E-state index contributed by atoms with van der Waals surface area (Å²) in [4.78, 5) is 0.0477. The molecule has 2 nitrogen and oxygen atoms in total.